The summed E-state index contributed by atoms with van der Waals surface area (Å²) in [5, 5.41) is 3.93. The van der Waals surface area contributed by atoms with Crippen LogP contribution >= 0.6 is 22.9 Å². The molecule has 2 rings (SSSR count). The third-order valence-corrected chi connectivity index (χ3v) is 3.36. The topological polar surface area (TPSA) is 68.0 Å². The first-order chi connectivity index (χ1) is 8.08. The highest BCUT2D eigenvalue weighted by Crippen LogP contribution is 2.28. The van der Waals surface area contributed by atoms with Crippen LogP contribution in [0.2, 0.25) is 5.02 Å². The van der Waals surface area contributed by atoms with Gasteiger partial charge in [0.2, 0.25) is 0 Å². The van der Waals surface area contributed by atoms with Gasteiger partial charge in [0.1, 0.15) is 4.88 Å². The SMILES string of the molecule is Cc1ncc(C(=O)Nc2c(N)cccc2Cl)s1. The minimum Gasteiger partial charge on any atom is -0.397 e. The third-order valence-electron chi connectivity index (χ3n) is 2.13. The van der Waals surface area contributed by atoms with E-state index in [1.807, 2.05) is 6.92 Å². The van der Waals surface area contributed by atoms with Crippen molar-refractivity contribution in [1.29, 1.82) is 0 Å². The molecule has 0 spiro atoms. The number of thiazole rings is 1. The number of nitrogen functional groups attached to an aromatic ring is 1. The van der Waals surface area contributed by atoms with Crippen molar-refractivity contribution >= 4 is 40.2 Å². The molecule has 0 aliphatic carbocycles. The second-order valence-electron chi connectivity index (χ2n) is 3.40. The molecular formula is C11H10ClN3OS. The molecule has 0 unspecified atom stereocenters. The number of para-hydroxylation sites is 1. The zero-order valence-electron chi connectivity index (χ0n) is 9.03. The number of aromatic nitrogens is 1. The molecule has 0 saturated carbocycles. The number of amides is 1. The van der Waals surface area contributed by atoms with Crippen LogP contribution in [0.1, 0.15) is 14.7 Å². The summed E-state index contributed by atoms with van der Waals surface area (Å²) < 4.78 is 0. The van der Waals surface area contributed by atoms with Crippen LogP contribution in [0.25, 0.3) is 0 Å². The van der Waals surface area contributed by atoms with Gasteiger partial charge < -0.3 is 11.1 Å². The van der Waals surface area contributed by atoms with Gasteiger partial charge in [-0.1, -0.05) is 17.7 Å². The van der Waals surface area contributed by atoms with Crippen molar-refractivity contribution in [3.63, 3.8) is 0 Å². The van der Waals surface area contributed by atoms with Gasteiger partial charge in [-0.15, -0.1) is 11.3 Å². The molecule has 0 aliphatic heterocycles. The van der Waals surface area contributed by atoms with Gasteiger partial charge >= 0.3 is 0 Å². The molecule has 0 radical (unpaired) electrons. The summed E-state index contributed by atoms with van der Waals surface area (Å²) in [5.74, 6) is -0.254. The van der Waals surface area contributed by atoms with Gasteiger partial charge in [0, 0.05) is 0 Å². The number of benzene rings is 1. The predicted octanol–water partition coefficient (Wildman–Crippen LogP) is 2.94. The van der Waals surface area contributed by atoms with E-state index in [-0.39, 0.29) is 5.91 Å². The number of halogens is 1. The van der Waals surface area contributed by atoms with Crippen molar-refractivity contribution in [2.45, 2.75) is 6.92 Å². The summed E-state index contributed by atoms with van der Waals surface area (Å²) in [7, 11) is 0. The molecule has 3 N–H and O–H groups in total. The Balaban J connectivity index is 2.24. The first-order valence-corrected chi connectivity index (χ1v) is 6.05. The van der Waals surface area contributed by atoms with Gasteiger partial charge in [-0.3, -0.25) is 4.79 Å². The molecule has 2 aromatic rings. The lowest BCUT2D eigenvalue weighted by molar-refractivity contribution is 0.103. The Hall–Kier alpha value is -1.59. The van der Waals surface area contributed by atoms with Crippen LogP contribution in [0.5, 0.6) is 0 Å². The molecule has 1 heterocycles. The van der Waals surface area contributed by atoms with E-state index in [9.17, 15) is 4.79 Å². The summed E-state index contributed by atoms with van der Waals surface area (Å²) >= 11 is 7.28. The number of rotatable bonds is 2. The largest absolute Gasteiger partial charge is 0.397 e. The van der Waals surface area contributed by atoms with Crippen molar-refractivity contribution in [2.75, 3.05) is 11.1 Å². The number of nitrogens with zero attached hydrogens (tertiary/aromatic N) is 1. The Labute approximate surface area is 107 Å². The van der Waals surface area contributed by atoms with Gasteiger partial charge in [0.15, 0.2) is 0 Å². The van der Waals surface area contributed by atoms with Crippen LogP contribution in [0.3, 0.4) is 0 Å². The van der Waals surface area contributed by atoms with Crippen molar-refractivity contribution in [3.8, 4) is 0 Å². The minimum absolute atomic E-state index is 0.254. The summed E-state index contributed by atoms with van der Waals surface area (Å²) in [6, 6.07) is 5.08. The number of nitrogens with one attached hydrogen (secondary N) is 1. The van der Waals surface area contributed by atoms with Gasteiger partial charge in [-0.25, -0.2) is 4.98 Å². The Morgan fingerprint density at radius 3 is 2.88 bits per heavy atom. The van der Waals surface area contributed by atoms with Crippen LogP contribution in [-0.2, 0) is 0 Å². The lowest BCUT2D eigenvalue weighted by Crippen LogP contribution is -2.12. The zero-order valence-corrected chi connectivity index (χ0v) is 10.6. The lowest BCUT2D eigenvalue weighted by atomic mass is 10.2. The lowest BCUT2D eigenvalue weighted by Gasteiger charge is -2.08. The van der Waals surface area contributed by atoms with Crippen LogP contribution < -0.4 is 11.1 Å². The molecule has 0 aliphatic rings. The normalized spacial score (nSPS) is 10.2. The van der Waals surface area contributed by atoms with E-state index >= 15 is 0 Å². The second kappa shape index (κ2) is 4.73. The maximum atomic E-state index is 11.9. The van der Waals surface area contributed by atoms with Crippen LogP contribution in [0.4, 0.5) is 11.4 Å². The maximum absolute atomic E-state index is 11.9. The fourth-order valence-corrected chi connectivity index (χ4v) is 2.22. The molecule has 0 fully saturated rings. The molecule has 1 amide bonds. The smallest absolute Gasteiger partial charge is 0.267 e. The van der Waals surface area contributed by atoms with Crippen molar-refractivity contribution in [2.24, 2.45) is 0 Å². The first kappa shape index (κ1) is 11.9. The second-order valence-corrected chi connectivity index (χ2v) is 5.04. The highest BCUT2D eigenvalue weighted by Gasteiger charge is 2.12. The molecule has 4 nitrogen and oxygen atoms in total. The Morgan fingerprint density at radius 2 is 2.29 bits per heavy atom. The number of anilines is 2. The van der Waals surface area contributed by atoms with Gasteiger partial charge in [-0.05, 0) is 19.1 Å². The molecule has 6 heteroatoms. The number of carbonyl (C=O) groups is 1. The van der Waals surface area contributed by atoms with Crippen LogP contribution in [-0.4, -0.2) is 10.9 Å². The molecule has 88 valence electrons. The molecule has 17 heavy (non-hydrogen) atoms. The van der Waals surface area contributed by atoms with E-state index < -0.39 is 0 Å². The Bertz CT molecular complexity index is 547. The Kier molecular flexibility index (Phi) is 3.31. The number of hydrogen-bond acceptors (Lipinski definition) is 4. The molecule has 1 aromatic carbocycles. The molecule has 1 aromatic heterocycles. The van der Waals surface area contributed by atoms with E-state index in [1.54, 1.807) is 18.2 Å². The van der Waals surface area contributed by atoms with Gasteiger partial charge in [0.05, 0.1) is 27.6 Å². The van der Waals surface area contributed by atoms with Crippen LogP contribution in [0.15, 0.2) is 24.4 Å². The van der Waals surface area contributed by atoms with Gasteiger partial charge in [0.25, 0.3) is 5.91 Å². The fourth-order valence-electron chi connectivity index (χ4n) is 1.31. The zero-order chi connectivity index (χ0) is 12.4. The molecule has 0 bridgehead atoms. The number of aryl methyl sites for hydroxylation is 1. The van der Waals surface area contributed by atoms with E-state index in [1.165, 1.54) is 17.5 Å². The fraction of sp³-hybridized carbons (Fsp3) is 0.0909. The van der Waals surface area contributed by atoms with E-state index in [0.29, 0.717) is 21.3 Å². The number of nitrogens with two attached hydrogens (primary N) is 1. The van der Waals surface area contributed by atoms with Crippen molar-refractivity contribution in [3.05, 3.63) is 39.3 Å². The van der Waals surface area contributed by atoms with E-state index in [2.05, 4.69) is 10.3 Å². The highest BCUT2D eigenvalue weighted by molar-refractivity contribution is 7.13. The predicted molar refractivity (Wildman–Crippen MR) is 70.7 cm³/mol. The van der Waals surface area contributed by atoms with Crippen LogP contribution in [0, 0.1) is 6.92 Å². The number of carbonyl (C=O) groups excluding carboxylic acids is 1. The first-order valence-electron chi connectivity index (χ1n) is 4.85. The number of hydrogen-bond donors (Lipinski definition) is 2. The molecule has 0 atom stereocenters. The summed E-state index contributed by atoms with van der Waals surface area (Å²) in [6.45, 7) is 1.84. The monoisotopic (exact) mass is 267 g/mol. The average molecular weight is 268 g/mol. The van der Waals surface area contributed by atoms with Gasteiger partial charge in [-0.2, -0.15) is 0 Å². The average Bonchev–Trinajstić information content (AvgIpc) is 2.70. The van der Waals surface area contributed by atoms with E-state index in [4.69, 9.17) is 17.3 Å². The maximum Gasteiger partial charge on any atom is 0.267 e. The quantitative estimate of drug-likeness (QED) is 0.822. The molecule has 0 saturated heterocycles. The summed E-state index contributed by atoms with van der Waals surface area (Å²) in [4.78, 5) is 16.4. The minimum atomic E-state index is -0.254. The molecular weight excluding hydrogens is 258 g/mol. The Morgan fingerprint density at radius 1 is 1.53 bits per heavy atom. The summed E-state index contributed by atoms with van der Waals surface area (Å²) in [6.07, 6.45) is 1.53. The van der Waals surface area contributed by atoms with Crippen molar-refractivity contribution in [1.82, 2.24) is 4.98 Å². The standard InChI is InChI=1S/C11H10ClN3OS/c1-6-14-5-9(17-6)11(16)15-10-7(12)3-2-4-8(10)13/h2-5H,13H2,1H3,(H,15,16). The van der Waals surface area contributed by atoms with E-state index in [0.717, 1.165) is 5.01 Å². The third kappa shape index (κ3) is 2.57. The highest BCUT2D eigenvalue weighted by atomic mass is 35.5. The van der Waals surface area contributed by atoms with Crippen molar-refractivity contribution < 1.29 is 4.79 Å². The summed E-state index contributed by atoms with van der Waals surface area (Å²) in [5.41, 5.74) is 6.61.